The van der Waals surface area contributed by atoms with Crippen molar-refractivity contribution in [1.82, 2.24) is 0 Å². The highest BCUT2D eigenvalue weighted by atomic mass is 35.5. The summed E-state index contributed by atoms with van der Waals surface area (Å²) in [4.78, 5) is 11.3. The van der Waals surface area contributed by atoms with E-state index in [9.17, 15) is 4.79 Å². The van der Waals surface area contributed by atoms with Gasteiger partial charge in [-0.1, -0.05) is 18.2 Å². The number of rotatable bonds is 3. The highest BCUT2D eigenvalue weighted by Crippen LogP contribution is 2.00. The summed E-state index contributed by atoms with van der Waals surface area (Å²) in [5, 5.41) is 0. The Bertz CT molecular complexity index is 275. The Morgan fingerprint density at radius 2 is 2.00 bits per heavy atom. The fraction of sp³-hybridized carbons (Fsp3) is 0.300. The van der Waals surface area contributed by atoms with E-state index >= 15 is 0 Å². The van der Waals surface area contributed by atoms with E-state index in [1.54, 1.807) is 31.2 Å². The standard InChI is InChI=1S/C10H13NO2.ClH/c1-8(11)7-13-10(12)9-5-3-2-4-6-9;/h2-6,8H,7,11H2,1H3;1H. The SMILES string of the molecule is CC(N)COC(=O)c1ccccc1.Cl. The molecule has 3 nitrogen and oxygen atoms in total. The normalized spacial score (nSPS) is 11.3. The van der Waals surface area contributed by atoms with Crippen LogP contribution in [0.25, 0.3) is 0 Å². The van der Waals surface area contributed by atoms with Gasteiger partial charge in [0.2, 0.25) is 0 Å². The van der Waals surface area contributed by atoms with Crippen LogP contribution in [0, 0.1) is 0 Å². The van der Waals surface area contributed by atoms with Crippen LogP contribution >= 0.6 is 12.4 Å². The van der Waals surface area contributed by atoms with Crippen LogP contribution in [0.1, 0.15) is 17.3 Å². The predicted molar refractivity (Wildman–Crippen MR) is 57.6 cm³/mol. The monoisotopic (exact) mass is 215 g/mol. The van der Waals surface area contributed by atoms with Crippen molar-refractivity contribution >= 4 is 18.4 Å². The Hall–Kier alpha value is -1.06. The molecule has 1 aromatic carbocycles. The lowest BCUT2D eigenvalue weighted by atomic mass is 10.2. The van der Waals surface area contributed by atoms with Gasteiger partial charge < -0.3 is 10.5 Å². The third kappa shape index (κ3) is 4.25. The number of carbonyl (C=O) groups is 1. The first-order valence-electron chi connectivity index (χ1n) is 4.18. The molecule has 0 radical (unpaired) electrons. The first kappa shape index (κ1) is 12.9. The molecule has 1 atom stereocenters. The molecule has 0 bridgehead atoms. The average Bonchev–Trinajstić information content (AvgIpc) is 2.15. The predicted octanol–water partition coefficient (Wildman–Crippen LogP) is 1.61. The van der Waals surface area contributed by atoms with Gasteiger partial charge in [-0.15, -0.1) is 12.4 Å². The van der Waals surface area contributed by atoms with Crippen molar-refractivity contribution in [1.29, 1.82) is 0 Å². The van der Waals surface area contributed by atoms with E-state index in [0.29, 0.717) is 5.56 Å². The molecule has 0 saturated heterocycles. The summed E-state index contributed by atoms with van der Waals surface area (Å²) in [6.45, 7) is 2.05. The molecule has 1 rings (SSSR count). The molecule has 0 aliphatic rings. The van der Waals surface area contributed by atoms with E-state index in [2.05, 4.69) is 0 Å². The van der Waals surface area contributed by atoms with Gasteiger partial charge >= 0.3 is 5.97 Å². The Morgan fingerprint density at radius 1 is 1.43 bits per heavy atom. The van der Waals surface area contributed by atoms with E-state index in [1.165, 1.54) is 0 Å². The van der Waals surface area contributed by atoms with Crippen LogP contribution in [-0.2, 0) is 4.74 Å². The third-order valence-corrected chi connectivity index (χ3v) is 1.49. The van der Waals surface area contributed by atoms with Crippen LogP contribution in [0.2, 0.25) is 0 Å². The fourth-order valence-electron chi connectivity index (χ4n) is 0.865. The summed E-state index contributed by atoms with van der Waals surface area (Å²) >= 11 is 0. The van der Waals surface area contributed by atoms with Crippen molar-refractivity contribution in [3.63, 3.8) is 0 Å². The van der Waals surface area contributed by atoms with Gasteiger partial charge in [0.15, 0.2) is 0 Å². The smallest absolute Gasteiger partial charge is 0.338 e. The topological polar surface area (TPSA) is 52.3 Å². The second-order valence-electron chi connectivity index (χ2n) is 2.94. The Kier molecular flexibility index (Phi) is 5.92. The molecule has 0 fully saturated rings. The van der Waals surface area contributed by atoms with E-state index in [4.69, 9.17) is 10.5 Å². The first-order chi connectivity index (χ1) is 6.20. The Morgan fingerprint density at radius 3 is 2.50 bits per heavy atom. The molecule has 1 unspecified atom stereocenters. The molecule has 0 spiro atoms. The minimum Gasteiger partial charge on any atom is -0.460 e. The quantitative estimate of drug-likeness (QED) is 0.780. The number of halogens is 1. The van der Waals surface area contributed by atoms with E-state index in [1.807, 2.05) is 6.07 Å². The second-order valence-corrected chi connectivity index (χ2v) is 2.94. The van der Waals surface area contributed by atoms with Gasteiger partial charge in [-0.3, -0.25) is 0 Å². The lowest BCUT2D eigenvalue weighted by molar-refractivity contribution is 0.0487. The molecular weight excluding hydrogens is 202 g/mol. The van der Waals surface area contributed by atoms with Crippen molar-refractivity contribution in [3.05, 3.63) is 35.9 Å². The maximum atomic E-state index is 11.3. The number of benzene rings is 1. The maximum absolute atomic E-state index is 11.3. The molecule has 14 heavy (non-hydrogen) atoms. The zero-order valence-electron chi connectivity index (χ0n) is 7.97. The van der Waals surface area contributed by atoms with E-state index in [0.717, 1.165) is 0 Å². The Balaban J connectivity index is 0.00000169. The molecule has 2 N–H and O–H groups in total. The van der Waals surface area contributed by atoms with Crippen molar-refractivity contribution in [2.24, 2.45) is 5.73 Å². The summed E-state index contributed by atoms with van der Waals surface area (Å²) < 4.78 is 4.93. The van der Waals surface area contributed by atoms with Gasteiger partial charge in [0.05, 0.1) is 5.56 Å². The minimum atomic E-state index is -0.321. The van der Waals surface area contributed by atoms with Gasteiger partial charge in [0.1, 0.15) is 6.61 Å². The van der Waals surface area contributed by atoms with Crippen molar-refractivity contribution in [2.75, 3.05) is 6.61 Å². The minimum absolute atomic E-state index is 0. The van der Waals surface area contributed by atoms with Crippen LogP contribution in [0.15, 0.2) is 30.3 Å². The molecule has 0 heterocycles. The lowest BCUT2D eigenvalue weighted by Gasteiger charge is -2.06. The molecule has 0 aliphatic carbocycles. The lowest BCUT2D eigenvalue weighted by Crippen LogP contribution is -2.23. The Labute approximate surface area is 89.7 Å². The summed E-state index contributed by atoms with van der Waals surface area (Å²) in [7, 11) is 0. The van der Waals surface area contributed by atoms with Crippen LogP contribution in [0.3, 0.4) is 0 Å². The molecule has 4 heteroatoms. The van der Waals surface area contributed by atoms with Crippen LogP contribution in [-0.4, -0.2) is 18.6 Å². The van der Waals surface area contributed by atoms with Gasteiger partial charge in [-0.2, -0.15) is 0 Å². The molecule has 1 aromatic rings. The first-order valence-corrected chi connectivity index (χ1v) is 4.18. The third-order valence-electron chi connectivity index (χ3n) is 1.49. The summed E-state index contributed by atoms with van der Waals surface area (Å²) in [5.74, 6) is -0.321. The van der Waals surface area contributed by atoms with Crippen LogP contribution in [0.5, 0.6) is 0 Å². The van der Waals surface area contributed by atoms with Gasteiger partial charge in [0.25, 0.3) is 0 Å². The van der Waals surface area contributed by atoms with Crippen molar-refractivity contribution in [2.45, 2.75) is 13.0 Å². The number of esters is 1. The molecule has 0 saturated carbocycles. The zero-order valence-corrected chi connectivity index (χ0v) is 8.79. The summed E-state index contributed by atoms with van der Waals surface area (Å²) in [6.07, 6.45) is 0. The number of carbonyl (C=O) groups excluding carboxylic acids is 1. The number of nitrogens with two attached hydrogens (primary N) is 1. The number of hydrogen-bond donors (Lipinski definition) is 1. The van der Waals surface area contributed by atoms with Crippen LogP contribution < -0.4 is 5.73 Å². The van der Waals surface area contributed by atoms with E-state index < -0.39 is 0 Å². The van der Waals surface area contributed by atoms with Crippen LogP contribution in [0.4, 0.5) is 0 Å². The number of hydrogen-bond acceptors (Lipinski definition) is 3. The van der Waals surface area contributed by atoms with E-state index in [-0.39, 0.29) is 31.0 Å². The molecule has 0 aromatic heterocycles. The molecular formula is C10H14ClNO2. The zero-order chi connectivity index (χ0) is 9.68. The largest absolute Gasteiger partial charge is 0.460 e. The average molecular weight is 216 g/mol. The van der Waals surface area contributed by atoms with Gasteiger partial charge in [-0.05, 0) is 19.1 Å². The van der Waals surface area contributed by atoms with Crippen molar-refractivity contribution in [3.8, 4) is 0 Å². The molecule has 0 aliphatic heterocycles. The fourth-order valence-corrected chi connectivity index (χ4v) is 0.865. The highest BCUT2D eigenvalue weighted by Gasteiger charge is 2.06. The number of ether oxygens (including phenoxy) is 1. The highest BCUT2D eigenvalue weighted by molar-refractivity contribution is 5.89. The summed E-state index contributed by atoms with van der Waals surface area (Å²) in [5.41, 5.74) is 6.00. The van der Waals surface area contributed by atoms with Gasteiger partial charge in [-0.25, -0.2) is 4.79 Å². The maximum Gasteiger partial charge on any atom is 0.338 e. The molecule has 78 valence electrons. The second kappa shape index (κ2) is 6.40. The summed E-state index contributed by atoms with van der Waals surface area (Å²) in [6, 6.07) is 8.74. The molecule has 0 amide bonds. The van der Waals surface area contributed by atoms with Crippen molar-refractivity contribution < 1.29 is 9.53 Å². The van der Waals surface area contributed by atoms with Gasteiger partial charge in [0, 0.05) is 6.04 Å².